The lowest BCUT2D eigenvalue weighted by Crippen LogP contribution is -2.19. The Morgan fingerprint density at radius 3 is 2.66 bits per heavy atom. The second-order valence-electron chi connectivity index (χ2n) is 7.26. The summed E-state index contributed by atoms with van der Waals surface area (Å²) in [6.45, 7) is 2.42. The fraction of sp³-hybridized carbons (Fsp3) is 0.125. The molecule has 4 rings (SSSR count). The highest BCUT2D eigenvalue weighted by atomic mass is 35.5. The highest BCUT2D eigenvalue weighted by Gasteiger charge is 2.13. The van der Waals surface area contributed by atoms with Crippen molar-refractivity contribution in [2.45, 2.75) is 20.1 Å². The zero-order valence-corrected chi connectivity index (χ0v) is 18.9. The smallest absolute Gasteiger partial charge is 0.244 e. The van der Waals surface area contributed by atoms with Crippen LogP contribution in [-0.2, 0) is 17.9 Å². The van der Waals surface area contributed by atoms with E-state index in [0.717, 1.165) is 16.7 Å². The van der Waals surface area contributed by atoms with Crippen LogP contribution in [0.2, 0.25) is 5.02 Å². The molecular weight excluding hydrogens is 444 g/mol. The van der Waals surface area contributed by atoms with E-state index in [-0.39, 0.29) is 12.5 Å². The number of aromatic nitrogens is 3. The van der Waals surface area contributed by atoms with E-state index >= 15 is 0 Å². The maximum Gasteiger partial charge on any atom is 0.244 e. The fourth-order valence-electron chi connectivity index (χ4n) is 3.22. The largest absolute Gasteiger partial charge is 0.489 e. The number of aromatic amines is 1. The summed E-state index contributed by atoms with van der Waals surface area (Å²) < 4.78 is 7.85. The fourth-order valence-corrected chi connectivity index (χ4v) is 3.61. The summed E-state index contributed by atoms with van der Waals surface area (Å²) >= 11 is 11.5. The predicted octanol–water partition coefficient (Wildman–Crippen LogP) is 5.79. The van der Waals surface area contributed by atoms with Crippen LogP contribution in [0.1, 0.15) is 11.1 Å². The Kier molecular flexibility index (Phi) is 6.68. The van der Waals surface area contributed by atoms with Crippen LogP contribution in [0.4, 0.5) is 5.69 Å². The van der Waals surface area contributed by atoms with Gasteiger partial charge in [-0.15, -0.1) is 0 Å². The van der Waals surface area contributed by atoms with Crippen LogP contribution in [0, 0.1) is 11.7 Å². The third-order valence-electron chi connectivity index (χ3n) is 4.83. The van der Waals surface area contributed by atoms with Crippen LogP contribution in [0.15, 0.2) is 72.8 Å². The van der Waals surface area contributed by atoms with E-state index in [4.69, 9.17) is 28.6 Å². The minimum atomic E-state index is -0.207. The van der Waals surface area contributed by atoms with Crippen molar-refractivity contribution in [3.63, 3.8) is 0 Å². The Balaban J connectivity index is 1.39. The first-order valence-electron chi connectivity index (χ1n) is 9.98. The van der Waals surface area contributed by atoms with Gasteiger partial charge in [-0.05, 0) is 55.5 Å². The van der Waals surface area contributed by atoms with Gasteiger partial charge in [-0.3, -0.25) is 14.5 Å². The van der Waals surface area contributed by atoms with Crippen LogP contribution in [0.25, 0.3) is 11.4 Å². The number of benzene rings is 3. The van der Waals surface area contributed by atoms with Crippen molar-refractivity contribution in [1.82, 2.24) is 14.8 Å². The molecule has 32 heavy (non-hydrogen) atoms. The van der Waals surface area contributed by atoms with Gasteiger partial charge in [0.15, 0.2) is 10.6 Å². The van der Waals surface area contributed by atoms with Crippen molar-refractivity contribution in [2.24, 2.45) is 0 Å². The molecular formula is C24H21ClN4O2S. The highest BCUT2D eigenvalue weighted by molar-refractivity contribution is 7.71. The second kappa shape index (κ2) is 9.80. The standard InChI is InChI=1S/C24H21ClN4O2S/c1-16-5-4-7-17(13-16)23-27-28-24(32)29(23)14-22(30)26-19-9-11-20(12-10-19)31-15-18-6-2-3-8-21(18)25/h2-13H,14-15H2,1H3,(H,26,30)(H,28,32). The van der Waals surface area contributed by atoms with Gasteiger partial charge < -0.3 is 10.1 Å². The number of H-pyrrole nitrogens is 1. The molecule has 0 bridgehead atoms. The molecule has 0 aliphatic rings. The monoisotopic (exact) mass is 464 g/mol. The normalized spacial score (nSPS) is 10.7. The number of amides is 1. The maximum absolute atomic E-state index is 12.6. The quantitative estimate of drug-likeness (QED) is 0.340. The van der Waals surface area contributed by atoms with Crippen molar-refractivity contribution in [2.75, 3.05) is 5.32 Å². The zero-order chi connectivity index (χ0) is 22.5. The number of nitrogens with zero attached hydrogens (tertiary/aromatic N) is 2. The summed E-state index contributed by atoms with van der Waals surface area (Å²) in [5, 5.41) is 10.6. The van der Waals surface area contributed by atoms with Crippen molar-refractivity contribution in [1.29, 1.82) is 0 Å². The van der Waals surface area contributed by atoms with E-state index in [1.807, 2.05) is 55.5 Å². The van der Waals surface area contributed by atoms with Gasteiger partial charge in [-0.25, -0.2) is 0 Å². The van der Waals surface area contributed by atoms with Crippen molar-refractivity contribution >= 4 is 35.4 Å². The Bertz CT molecular complexity index is 1300. The van der Waals surface area contributed by atoms with Crippen LogP contribution in [0.5, 0.6) is 5.75 Å². The predicted molar refractivity (Wildman–Crippen MR) is 128 cm³/mol. The summed E-state index contributed by atoms with van der Waals surface area (Å²) in [7, 11) is 0. The molecule has 6 nitrogen and oxygen atoms in total. The highest BCUT2D eigenvalue weighted by Crippen LogP contribution is 2.21. The van der Waals surface area contributed by atoms with Gasteiger partial charge in [-0.1, -0.05) is 53.6 Å². The first kappa shape index (κ1) is 21.8. The Morgan fingerprint density at radius 2 is 1.91 bits per heavy atom. The third-order valence-corrected chi connectivity index (χ3v) is 5.51. The molecule has 162 valence electrons. The first-order chi connectivity index (χ1) is 15.5. The van der Waals surface area contributed by atoms with Crippen LogP contribution < -0.4 is 10.1 Å². The molecule has 1 heterocycles. The summed E-state index contributed by atoms with van der Waals surface area (Å²) in [6, 6.07) is 22.6. The van der Waals surface area contributed by atoms with E-state index in [2.05, 4.69) is 15.5 Å². The molecule has 0 aliphatic heterocycles. The summed E-state index contributed by atoms with van der Waals surface area (Å²) in [4.78, 5) is 12.6. The van der Waals surface area contributed by atoms with Gasteiger partial charge in [0, 0.05) is 21.8 Å². The molecule has 0 spiro atoms. The number of hydrogen-bond acceptors (Lipinski definition) is 4. The van der Waals surface area contributed by atoms with Crippen LogP contribution >= 0.6 is 23.8 Å². The minimum Gasteiger partial charge on any atom is -0.489 e. The number of halogens is 1. The van der Waals surface area contributed by atoms with Crippen LogP contribution in [0.3, 0.4) is 0 Å². The molecule has 0 fully saturated rings. The van der Waals surface area contributed by atoms with E-state index in [0.29, 0.717) is 33.7 Å². The second-order valence-corrected chi connectivity index (χ2v) is 8.05. The number of nitrogens with one attached hydrogen (secondary N) is 2. The minimum absolute atomic E-state index is 0.0450. The molecule has 0 radical (unpaired) electrons. The molecule has 8 heteroatoms. The molecule has 0 unspecified atom stereocenters. The molecule has 0 atom stereocenters. The lowest BCUT2D eigenvalue weighted by atomic mass is 10.1. The summed E-state index contributed by atoms with van der Waals surface area (Å²) in [5.74, 6) is 1.10. The van der Waals surface area contributed by atoms with Gasteiger partial charge in [0.1, 0.15) is 18.9 Å². The average Bonchev–Trinajstić information content (AvgIpc) is 3.14. The SMILES string of the molecule is Cc1cccc(-c2n[nH]c(=S)n2CC(=O)Nc2ccc(OCc3ccccc3Cl)cc2)c1. The van der Waals surface area contributed by atoms with Crippen molar-refractivity contribution in [3.05, 3.63) is 93.7 Å². The third kappa shape index (κ3) is 5.25. The number of aryl methyl sites for hydroxylation is 1. The molecule has 4 aromatic rings. The molecule has 0 saturated heterocycles. The van der Waals surface area contributed by atoms with Gasteiger partial charge in [0.2, 0.25) is 5.91 Å². The Hall–Kier alpha value is -3.42. The number of carbonyl (C=O) groups excluding carboxylic acids is 1. The molecule has 0 saturated carbocycles. The van der Waals surface area contributed by atoms with Crippen molar-refractivity contribution < 1.29 is 9.53 Å². The zero-order valence-electron chi connectivity index (χ0n) is 17.3. The lowest BCUT2D eigenvalue weighted by Gasteiger charge is -2.10. The van der Waals surface area contributed by atoms with Crippen molar-refractivity contribution in [3.8, 4) is 17.1 Å². The maximum atomic E-state index is 12.6. The molecule has 3 aromatic carbocycles. The number of anilines is 1. The Labute approximate surface area is 195 Å². The number of carbonyl (C=O) groups is 1. The van der Waals surface area contributed by atoms with E-state index in [1.165, 1.54) is 0 Å². The van der Waals surface area contributed by atoms with E-state index in [9.17, 15) is 4.79 Å². The summed E-state index contributed by atoms with van der Waals surface area (Å²) in [5.41, 5.74) is 3.56. The Morgan fingerprint density at radius 1 is 1.12 bits per heavy atom. The van der Waals surface area contributed by atoms with Gasteiger partial charge in [0.05, 0.1) is 0 Å². The number of ether oxygens (including phenoxy) is 1. The molecule has 1 amide bonds. The number of rotatable bonds is 7. The average molecular weight is 465 g/mol. The van der Waals surface area contributed by atoms with Gasteiger partial charge in [-0.2, -0.15) is 5.10 Å². The lowest BCUT2D eigenvalue weighted by molar-refractivity contribution is -0.116. The van der Waals surface area contributed by atoms with Gasteiger partial charge in [0.25, 0.3) is 0 Å². The summed E-state index contributed by atoms with van der Waals surface area (Å²) in [6.07, 6.45) is 0. The topological polar surface area (TPSA) is 71.9 Å². The number of hydrogen-bond donors (Lipinski definition) is 2. The first-order valence-corrected chi connectivity index (χ1v) is 10.8. The molecule has 2 N–H and O–H groups in total. The molecule has 0 aliphatic carbocycles. The van der Waals surface area contributed by atoms with E-state index in [1.54, 1.807) is 28.8 Å². The molecule has 1 aromatic heterocycles. The van der Waals surface area contributed by atoms with Gasteiger partial charge >= 0.3 is 0 Å². The van der Waals surface area contributed by atoms with Crippen LogP contribution in [-0.4, -0.2) is 20.7 Å². The van der Waals surface area contributed by atoms with E-state index < -0.39 is 0 Å².